The van der Waals surface area contributed by atoms with Crippen LogP contribution in [0.4, 0.5) is 4.79 Å². The smallest absolute Gasteiger partial charge is 0.315 e. The molecule has 0 unspecified atom stereocenters. The Morgan fingerprint density at radius 1 is 1.12 bits per heavy atom. The Labute approximate surface area is 142 Å². The van der Waals surface area contributed by atoms with Gasteiger partial charge in [0.25, 0.3) is 0 Å². The molecule has 132 valence electrons. The largest absolute Gasteiger partial charge is 0.486 e. The van der Waals surface area contributed by atoms with Crippen molar-refractivity contribution < 1.29 is 19.1 Å². The molecule has 1 aromatic carbocycles. The summed E-state index contributed by atoms with van der Waals surface area (Å²) in [4.78, 5) is 23.8. The van der Waals surface area contributed by atoms with Gasteiger partial charge in [-0.05, 0) is 38.0 Å². The summed E-state index contributed by atoms with van der Waals surface area (Å²) in [5, 5.41) is 8.19. The molecule has 0 bridgehead atoms. The summed E-state index contributed by atoms with van der Waals surface area (Å²) in [6.45, 7) is 6.97. The summed E-state index contributed by atoms with van der Waals surface area (Å²) in [5.41, 5.74) is 0.895. The van der Waals surface area contributed by atoms with E-state index in [1.54, 1.807) is 6.92 Å². The van der Waals surface area contributed by atoms with Crippen LogP contribution in [0, 0.1) is 0 Å². The van der Waals surface area contributed by atoms with Crippen molar-refractivity contribution in [3.63, 3.8) is 0 Å². The van der Waals surface area contributed by atoms with Crippen LogP contribution in [0.2, 0.25) is 0 Å². The van der Waals surface area contributed by atoms with Gasteiger partial charge in [-0.2, -0.15) is 0 Å². The number of hydrogen-bond donors (Lipinski definition) is 3. The molecule has 2 atom stereocenters. The molecule has 1 heterocycles. The van der Waals surface area contributed by atoms with Crippen LogP contribution in [-0.4, -0.2) is 37.2 Å². The minimum atomic E-state index is -0.598. The molecule has 0 aliphatic carbocycles. The van der Waals surface area contributed by atoms with Gasteiger partial charge in [-0.15, -0.1) is 0 Å². The second kappa shape index (κ2) is 8.42. The molecule has 0 aromatic heterocycles. The number of ether oxygens (including phenoxy) is 2. The molecular formula is C17H25N3O4. The second-order valence-corrected chi connectivity index (χ2v) is 5.84. The molecule has 3 amide bonds. The molecule has 0 saturated heterocycles. The predicted octanol–water partition coefficient (Wildman–Crippen LogP) is 1.56. The van der Waals surface area contributed by atoms with Crippen LogP contribution in [0.25, 0.3) is 0 Å². The quantitative estimate of drug-likeness (QED) is 0.736. The van der Waals surface area contributed by atoms with E-state index in [1.807, 2.05) is 32.0 Å². The van der Waals surface area contributed by atoms with Gasteiger partial charge in [0.05, 0.1) is 0 Å². The van der Waals surface area contributed by atoms with Crippen LogP contribution in [0.5, 0.6) is 11.5 Å². The van der Waals surface area contributed by atoms with E-state index in [9.17, 15) is 9.59 Å². The van der Waals surface area contributed by atoms with E-state index in [0.29, 0.717) is 31.3 Å². The molecule has 2 rings (SSSR count). The average molecular weight is 335 g/mol. The zero-order valence-electron chi connectivity index (χ0n) is 14.3. The lowest BCUT2D eigenvalue weighted by Crippen LogP contribution is -2.49. The molecule has 1 aliphatic rings. The Kier molecular flexibility index (Phi) is 6.28. The summed E-state index contributed by atoms with van der Waals surface area (Å²) in [6, 6.07) is 4.63. The van der Waals surface area contributed by atoms with Crippen LogP contribution in [-0.2, 0) is 11.3 Å². The van der Waals surface area contributed by atoms with Gasteiger partial charge in [0, 0.05) is 12.6 Å². The van der Waals surface area contributed by atoms with Gasteiger partial charge in [-0.25, -0.2) is 4.79 Å². The fourth-order valence-electron chi connectivity index (χ4n) is 2.16. The lowest BCUT2D eigenvalue weighted by molar-refractivity contribution is -0.123. The maximum atomic E-state index is 11.9. The van der Waals surface area contributed by atoms with Crippen molar-refractivity contribution in [1.82, 2.24) is 16.0 Å². The van der Waals surface area contributed by atoms with Crippen molar-refractivity contribution in [2.75, 3.05) is 13.2 Å². The fourth-order valence-corrected chi connectivity index (χ4v) is 2.16. The Hall–Kier alpha value is -2.44. The van der Waals surface area contributed by atoms with Gasteiger partial charge in [-0.3, -0.25) is 4.79 Å². The number of urea groups is 1. The van der Waals surface area contributed by atoms with Crippen LogP contribution in [0.1, 0.15) is 32.8 Å². The number of amides is 3. The zero-order chi connectivity index (χ0) is 17.5. The number of carbonyl (C=O) groups excluding carboxylic acids is 2. The molecule has 1 aliphatic heterocycles. The molecule has 0 saturated carbocycles. The van der Waals surface area contributed by atoms with E-state index >= 15 is 0 Å². The summed E-state index contributed by atoms with van der Waals surface area (Å²) >= 11 is 0. The third-order valence-electron chi connectivity index (χ3n) is 3.80. The summed E-state index contributed by atoms with van der Waals surface area (Å²) < 4.78 is 11.0. The first-order valence-corrected chi connectivity index (χ1v) is 8.23. The highest BCUT2D eigenvalue weighted by Gasteiger charge is 2.17. The minimum absolute atomic E-state index is 0.0857. The van der Waals surface area contributed by atoms with E-state index in [1.165, 1.54) is 0 Å². The van der Waals surface area contributed by atoms with Crippen molar-refractivity contribution in [3.05, 3.63) is 23.8 Å². The van der Waals surface area contributed by atoms with Crippen LogP contribution in [0.15, 0.2) is 18.2 Å². The van der Waals surface area contributed by atoms with Crippen molar-refractivity contribution in [1.29, 1.82) is 0 Å². The van der Waals surface area contributed by atoms with Crippen molar-refractivity contribution in [3.8, 4) is 11.5 Å². The lowest BCUT2D eigenvalue weighted by Gasteiger charge is -2.19. The SMILES string of the molecule is CC[C@@H](C)NC(=O)[C@@H](C)NC(=O)NCc1ccc2c(c1)OCCO2. The van der Waals surface area contributed by atoms with Gasteiger partial charge in [0.1, 0.15) is 19.3 Å². The number of carbonyl (C=O) groups is 2. The van der Waals surface area contributed by atoms with E-state index in [0.717, 1.165) is 12.0 Å². The molecule has 7 heteroatoms. The second-order valence-electron chi connectivity index (χ2n) is 5.84. The van der Waals surface area contributed by atoms with Gasteiger partial charge >= 0.3 is 6.03 Å². The normalized spacial score (nSPS) is 15.1. The lowest BCUT2D eigenvalue weighted by atomic mass is 10.2. The number of rotatable bonds is 6. The number of hydrogen-bond acceptors (Lipinski definition) is 4. The van der Waals surface area contributed by atoms with Gasteiger partial charge in [-0.1, -0.05) is 13.0 Å². The summed E-state index contributed by atoms with van der Waals surface area (Å²) in [5.74, 6) is 1.20. The highest BCUT2D eigenvalue weighted by molar-refractivity contribution is 5.86. The maximum Gasteiger partial charge on any atom is 0.315 e. The third-order valence-corrected chi connectivity index (χ3v) is 3.80. The van der Waals surface area contributed by atoms with Gasteiger partial charge in [0.2, 0.25) is 5.91 Å². The summed E-state index contributed by atoms with van der Waals surface area (Å²) in [7, 11) is 0. The first-order valence-electron chi connectivity index (χ1n) is 8.23. The Balaban J connectivity index is 1.79. The fraction of sp³-hybridized carbons (Fsp3) is 0.529. The molecule has 3 N–H and O–H groups in total. The molecule has 0 radical (unpaired) electrons. The number of fused-ring (bicyclic) bond motifs is 1. The molecule has 0 fully saturated rings. The molecular weight excluding hydrogens is 310 g/mol. The standard InChI is InChI=1S/C17H25N3O4/c1-4-11(2)19-16(21)12(3)20-17(22)18-10-13-5-6-14-15(9-13)24-8-7-23-14/h5-6,9,11-12H,4,7-8,10H2,1-3H3,(H,19,21)(H2,18,20,22)/t11-,12-/m1/s1. The van der Waals surface area contributed by atoms with Crippen LogP contribution in [0.3, 0.4) is 0 Å². The Bertz CT molecular complexity index is 591. The average Bonchev–Trinajstić information content (AvgIpc) is 2.59. The van der Waals surface area contributed by atoms with E-state index < -0.39 is 12.1 Å². The van der Waals surface area contributed by atoms with Crippen LogP contribution >= 0.6 is 0 Å². The molecule has 1 aromatic rings. The van der Waals surface area contributed by atoms with E-state index in [2.05, 4.69) is 16.0 Å². The van der Waals surface area contributed by atoms with Crippen LogP contribution < -0.4 is 25.4 Å². The minimum Gasteiger partial charge on any atom is -0.486 e. The van der Waals surface area contributed by atoms with Crippen molar-refractivity contribution in [2.24, 2.45) is 0 Å². The van der Waals surface area contributed by atoms with Crippen molar-refractivity contribution >= 4 is 11.9 Å². The number of benzene rings is 1. The first kappa shape index (κ1) is 17.9. The first-order chi connectivity index (χ1) is 11.5. The summed E-state index contributed by atoms with van der Waals surface area (Å²) in [6.07, 6.45) is 0.842. The monoisotopic (exact) mass is 335 g/mol. The maximum absolute atomic E-state index is 11.9. The van der Waals surface area contributed by atoms with Gasteiger partial charge in [0.15, 0.2) is 11.5 Å². The molecule has 0 spiro atoms. The molecule has 24 heavy (non-hydrogen) atoms. The topological polar surface area (TPSA) is 88.7 Å². The Morgan fingerprint density at radius 3 is 2.54 bits per heavy atom. The predicted molar refractivity (Wildman–Crippen MR) is 90.2 cm³/mol. The molecule has 7 nitrogen and oxygen atoms in total. The van der Waals surface area contributed by atoms with E-state index in [4.69, 9.17) is 9.47 Å². The van der Waals surface area contributed by atoms with Gasteiger partial charge < -0.3 is 25.4 Å². The van der Waals surface area contributed by atoms with Crippen molar-refractivity contribution in [2.45, 2.75) is 45.8 Å². The number of nitrogens with one attached hydrogen (secondary N) is 3. The Morgan fingerprint density at radius 2 is 1.83 bits per heavy atom. The third kappa shape index (κ3) is 5.04. The highest BCUT2D eigenvalue weighted by atomic mass is 16.6. The van der Waals surface area contributed by atoms with E-state index in [-0.39, 0.29) is 11.9 Å². The highest BCUT2D eigenvalue weighted by Crippen LogP contribution is 2.30. The zero-order valence-corrected chi connectivity index (χ0v) is 14.3.